The molecule has 108 valence electrons. The molecule has 1 aromatic carbocycles. The van der Waals surface area contributed by atoms with E-state index in [2.05, 4.69) is 18.3 Å². The first kappa shape index (κ1) is 16.2. The van der Waals surface area contributed by atoms with Crippen LogP contribution in [0.15, 0.2) is 24.3 Å². The summed E-state index contributed by atoms with van der Waals surface area (Å²) in [4.78, 5) is 11.8. The summed E-state index contributed by atoms with van der Waals surface area (Å²) in [7, 11) is 0. The molecule has 0 aliphatic heterocycles. The van der Waals surface area contributed by atoms with Gasteiger partial charge in [0.2, 0.25) is 5.91 Å². The standard InChI is InChI=1S/C16H23N3O/c1-2-13(9-10-17)7-8-16(20)19-12-15-5-3-14(11-18)4-6-15/h3-6,13H,2,7-10,12,17H2,1H3,(H,19,20). The molecule has 1 aromatic rings. The monoisotopic (exact) mass is 273 g/mol. The fraction of sp³-hybridized carbons (Fsp3) is 0.500. The van der Waals surface area contributed by atoms with Crippen molar-refractivity contribution < 1.29 is 4.79 Å². The summed E-state index contributed by atoms with van der Waals surface area (Å²) in [6, 6.07) is 9.32. The third-order valence-electron chi connectivity index (χ3n) is 3.50. The number of nitrogens with zero attached hydrogens (tertiary/aromatic N) is 1. The highest BCUT2D eigenvalue weighted by atomic mass is 16.1. The second kappa shape index (κ2) is 9.11. The predicted molar refractivity (Wildman–Crippen MR) is 79.7 cm³/mol. The minimum absolute atomic E-state index is 0.0739. The minimum Gasteiger partial charge on any atom is -0.352 e. The van der Waals surface area contributed by atoms with E-state index in [1.54, 1.807) is 12.1 Å². The van der Waals surface area contributed by atoms with E-state index in [1.165, 1.54) is 0 Å². The van der Waals surface area contributed by atoms with Crippen LogP contribution in [0.1, 0.15) is 43.7 Å². The molecule has 1 amide bonds. The third kappa shape index (κ3) is 5.85. The summed E-state index contributed by atoms with van der Waals surface area (Å²) in [5.74, 6) is 0.616. The molecule has 0 aliphatic carbocycles. The van der Waals surface area contributed by atoms with E-state index < -0.39 is 0 Å². The second-order valence-electron chi connectivity index (χ2n) is 4.98. The van der Waals surface area contributed by atoms with E-state index in [-0.39, 0.29) is 5.91 Å². The van der Waals surface area contributed by atoms with Crippen molar-refractivity contribution in [3.05, 3.63) is 35.4 Å². The molecule has 1 rings (SSSR count). The molecule has 4 nitrogen and oxygen atoms in total. The van der Waals surface area contributed by atoms with Gasteiger partial charge in [0.25, 0.3) is 0 Å². The third-order valence-corrected chi connectivity index (χ3v) is 3.50. The molecule has 0 aromatic heterocycles. The number of rotatable bonds is 8. The Hall–Kier alpha value is -1.86. The molecular weight excluding hydrogens is 250 g/mol. The average molecular weight is 273 g/mol. The van der Waals surface area contributed by atoms with Crippen molar-refractivity contribution in [3.63, 3.8) is 0 Å². The van der Waals surface area contributed by atoms with Crippen LogP contribution in [0.2, 0.25) is 0 Å². The van der Waals surface area contributed by atoms with Gasteiger partial charge in [0, 0.05) is 13.0 Å². The molecule has 4 heteroatoms. The van der Waals surface area contributed by atoms with Gasteiger partial charge in [-0.2, -0.15) is 5.26 Å². The summed E-state index contributed by atoms with van der Waals surface area (Å²) < 4.78 is 0. The molecule has 3 N–H and O–H groups in total. The zero-order valence-corrected chi connectivity index (χ0v) is 12.1. The van der Waals surface area contributed by atoms with Crippen LogP contribution in [0.25, 0.3) is 0 Å². The number of nitrogens with two attached hydrogens (primary N) is 1. The summed E-state index contributed by atoms with van der Waals surface area (Å²) in [6.07, 6.45) is 3.50. The Morgan fingerprint density at radius 3 is 2.60 bits per heavy atom. The lowest BCUT2D eigenvalue weighted by Crippen LogP contribution is -2.23. The molecule has 0 bridgehead atoms. The van der Waals surface area contributed by atoms with E-state index in [4.69, 9.17) is 11.0 Å². The average Bonchev–Trinajstić information content (AvgIpc) is 2.49. The van der Waals surface area contributed by atoms with E-state index in [0.29, 0.717) is 31.0 Å². The van der Waals surface area contributed by atoms with Crippen molar-refractivity contribution in [2.45, 2.75) is 39.2 Å². The Morgan fingerprint density at radius 1 is 1.35 bits per heavy atom. The quantitative estimate of drug-likeness (QED) is 0.763. The van der Waals surface area contributed by atoms with Gasteiger partial charge in [-0.1, -0.05) is 25.5 Å². The van der Waals surface area contributed by atoms with Crippen molar-refractivity contribution in [2.75, 3.05) is 6.54 Å². The summed E-state index contributed by atoms with van der Waals surface area (Å²) >= 11 is 0. The van der Waals surface area contributed by atoms with Crippen molar-refractivity contribution in [1.82, 2.24) is 5.32 Å². The first-order chi connectivity index (χ1) is 9.69. The van der Waals surface area contributed by atoms with Crippen molar-refractivity contribution in [2.24, 2.45) is 11.7 Å². The van der Waals surface area contributed by atoms with Crippen molar-refractivity contribution in [1.29, 1.82) is 5.26 Å². The van der Waals surface area contributed by atoms with E-state index in [1.807, 2.05) is 12.1 Å². The molecule has 0 saturated carbocycles. The number of carbonyl (C=O) groups is 1. The van der Waals surface area contributed by atoms with Gasteiger partial charge in [-0.25, -0.2) is 0 Å². The van der Waals surface area contributed by atoms with Crippen LogP contribution in [-0.4, -0.2) is 12.5 Å². The van der Waals surface area contributed by atoms with Gasteiger partial charge < -0.3 is 11.1 Å². The van der Waals surface area contributed by atoms with Crippen LogP contribution in [0.4, 0.5) is 0 Å². The lowest BCUT2D eigenvalue weighted by Gasteiger charge is -2.13. The number of nitrogens with one attached hydrogen (secondary N) is 1. The van der Waals surface area contributed by atoms with Crippen LogP contribution in [-0.2, 0) is 11.3 Å². The molecule has 0 saturated heterocycles. The highest BCUT2D eigenvalue weighted by Crippen LogP contribution is 2.14. The Labute approximate surface area is 121 Å². The van der Waals surface area contributed by atoms with Gasteiger partial charge in [0.1, 0.15) is 0 Å². The summed E-state index contributed by atoms with van der Waals surface area (Å²) in [6.45, 7) is 3.33. The molecule has 20 heavy (non-hydrogen) atoms. The van der Waals surface area contributed by atoms with Crippen molar-refractivity contribution in [3.8, 4) is 6.07 Å². The molecular formula is C16H23N3O. The molecule has 1 unspecified atom stereocenters. The normalized spacial score (nSPS) is 11.7. The zero-order chi connectivity index (χ0) is 14.8. The van der Waals surface area contributed by atoms with E-state index >= 15 is 0 Å². The van der Waals surface area contributed by atoms with Crippen LogP contribution < -0.4 is 11.1 Å². The number of hydrogen-bond acceptors (Lipinski definition) is 3. The zero-order valence-electron chi connectivity index (χ0n) is 12.1. The first-order valence-electron chi connectivity index (χ1n) is 7.15. The second-order valence-corrected chi connectivity index (χ2v) is 4.98. The van der Waals surface area contributed by atoms with Gasteiger partial charge in [0.05, 0.1) is 11.6 Å². The fourth-order valence-electron chi connectivity index (χ4n) is 2.11. The number of hydrogen-bond donors (Lipinski definition) is 2. The first-order valence-corrected chi connectivity index (χ1v) is 7.15. The van der Waals surface area contributed by atoms with Gasteiger partial charge in [0.15, 0.2) is 0 Å². The number of nitriles is 1. The maximum atomic E-state index is 11.8. The molecule has 0 fully saturated rings. The number of amides is 1. The maximum absolute atomic E-state index is 11.8. The minimum atomic E-state index is 0.0739. The number of carbonyl (C=O) groups excluding carboxylic acids is 1. The Morgan fingerprint density at radius 2 is 2.05 bits per heavy atom. The molecule has 0 aliphatic rings. The Kier molecular flexibility index (Phi) is 7.38. The SMILES string of the molecule is CCC(CCN)CCC(=O)NCc1ccc(C#N)cc1. The fourth-order valence-corrected chi connectivity index (χ4v) is 2.11. The van der Waals surface area contributed by atoms with Gasteiger partial charge in [-0.15, -0.1) is 0 Å². The molecule has 0 spiro atoms. The lowest BCUT2D eigenvalue weighted by molar-refractivity contribution is -0.121. The van der Waals surface area contributed by atoms with Gasteiger partial charge in [-0.3, -0.25) is 4.79 Å². The molecule has 1 atom stereocenters. The van der Waals surface area contributed by atoms with E-state index in [9.17, 15) is 4.79 Å². The smallest absolute Gasteiger partial charge is 0.220 e. The van der Waals surface area contributed by atoms with Crippen LogP contribution in [0.5, 0.6) is 0 Å². The molecule has 0 heterocycles. The summed E-state index contributed by atoms with van der Waals surface area (Å²) in [5, 5.41) is 11.6. The Balaban J connectivity index is 2.30. The Bertz CT molecular complexity index is 448. The molecule has 0 radical (unpaired) electrons. The largest absolute Gasteiger partial charge is 0.352 e. The van der Waals surface area contributed by atoms with Crippen LogP contribution in [0.3, 0.4) is 0 Å². The lowest BCUT2D eigenvalue weighted by atomic mass is 9.96. The maximum Gasteiger partial charge on any atom is 0.220 e. The van der Waals surface area contributed by atoms with Gasteiger partial charge >= 0.3 is 0 Å². The highest BCUT2D eigenvalue weighted by molar-refractivity contribution is 5.75. The predicted octanol–water partition coefficient (Wildman–Crippen LogP) is 2.33. The topological polar surface area (TPSA) is 78.9 Å². The number of benzene rings is 1. The highest BCUT2D eigenvalue weighted by Gasteiger charge is 2.08. The van der Waals surface area contributed by atoms with E-state index in [0.717, 1.165) is 24.8 Å². The van der Waals surface area contributed by atoms with Crippen LogP contribution >= 0.6 is 0 Å². The van der Waals surface area contributed by atoms with Gasteiger partial charge in [-0.05, 0) is 43.0 Å². The summed E-state index contributed by atoms with van der Waals surface area (Å²) in [5.41, 5.74) is 7.18. The van der Waals surface area contributed by atoms with Crippen molar-refractivity contribution >= 4 is 5.91 Å². The van der Waals surface area contributed by atoms with Crippen LogP contribution in [0, 0.1) is 17.2 Å².